The predicted octanol–water partition coefficient (Wildman–Crippen LogP) is 2.23. The van der Waals surface area contributed by atoms with Crippen molar-refractivity contribution in [2.45, 2.75) is 11.2 Å². The minimum atomic E-state index is -0.518. The van der Waals surface area contributed by atoms with Crippen LogP contribution in [0.4, 0.5) is 0 Å². The summed E-state index contributed by atoms with van der Waals surface area (Å²) in [6.45, 7) is 3.33. The van der Waals surface area contributed by atoms with Crippen LogP contribution in [-0.2, 0) is 9.53 Å². The van der Waals surface area contributed by atoms with E-state index in [1.165, 1.54) is 0 Å². The lowest BCUT2D eigenvalue weighted by atomic mass is 10.3. The largest absolute Gasteiger partial charge is 0.453 e. The zero-order chi connectivity index (χ0) is 10.7. The maximum atomic E-state index is 11.0. The number of hydrogen-bond donors (Lipinski definition) is 0. The van der Waals surface area contributed by atoms with Crippen LogP contribution in [0, 0.1) is 0 Å². The molecule has 4 heteroatoms. The molecule has 1 atom stereocenters. The Hall–Kier alpha value is -1.42. The molecule has 0 saturated heterocycles. The lowest BCUT2D eigenvalue weighted by Gasteiger charge is -2.24. The summed E-state index contributed by atoms with van der Waals surface area (Å²) in [5.74, 6) is 0.909. The summed E-state index contributed by atoms with van der Waals surface area (Å²) in [7, 11) is 0. The van der Waals surface area contributed by atoms with Crippen molar-refractivity contribution in [3.8, 4) is 5.75 Å². The Labute approximate surface area is 92.1 Å². The smallest absolute Gasteiger partial charge is 0.333 e. The van der Waals surface area contributed by atoms with Gasteiger partial charge in [-0.05, 0) is 12.1 Å². The molecule has 1 aromatic carbocycles. The Morgan fingerprint density at radius 2 is 2.40 bits per heavy atom. The number of ether oxygens (including phenoxy) is 2. The molecular formula is C11H10O3S. The van der Waals surface area contributed by atoms with Crippen molar-refractivity contribution in [2.24, 2.45) is 0 Å². The first-order valence-electron chi connectivity index (χ1n) is 4.51. The van der Waals surface area contributed by atoms with Crippen molar-refractivity contribution in [2.75, 3.05) is 5.75 Å². The molecule has 0 N–H and O–H groups in total. The van der Waals surface area contributed by atoms with Gasteiger partial charge in [0.15, 0.2) is 0 Å². The molecule has 1 aliphatic rings. The van der Waals surface area contributed by atoms with Crippen LogP contribution in [0.5, 0.6) is 5.75 Å². The zero-order valence-corrected chi connectivity index (χ0v) is 8.83. The van der Waals surface area contributed by atoms with Gasteiger partial charge >= 0.3 is 5.97 Å². The van der Waals surface area contributed by atoms with E-state index >= 15 is 0 Å². The highest BCUT2D eigenvalue weighted by Gasteiger charge is 2.22. The van der Waals surface area contributed by atoms with Gasteiger partial charge in [-0.1, -0.05) is 18.7 Å². The molecule has 1 aromatic rings. The second-order valence-corrected chi connectivity index (χ2v) is 4.01. The van der Waals surface area contributed by atoms with Crippen LogP contribution in [-0.4, -0.2) is 18.0 Å². The third kappa shape index (κ3) is 2.33. The van der Waals surface area contributed by atoms with Crippen LogP contribution < -0.4 is 4.74 Å². The molecule has 1 unspecified atom stereocenters. The zero-order valence-electron chi connectivity index (χ0n) is 8.01. The lowest BCUT2D eigenvalue weighted by Crippen LogP contribution is -2.28. The number of benzene rings is 1. The van der Waals surface area contributed by atoms with E-state index in [-0.39, 0.29) is 0 Å². The van der Waals surface area contributed by atoms with Gasteiger partial charge in [0.25, 0.3) is 6.29 Å². The van der Waals surface area contributed by atoms with Crippen molar-refractivity contribution >= 4 is 17.7 Å². The number of para-hydroxylation sites is 1. The second-order valence-electron chi connectivity index (χ2n) is 2.95. The summed E-state index contributed by atoms with van der Waals surface area (Å²) in [6.07, 6.45) is 0.615. The highest BCUT2D eigenvalue weighted by molar-refractivity contribution is 7.99. The van der Waals surface area contributed by atoms with E-state index in [0.29, 0.717) is 5.75 Å². The third-order valence-electron chi connectivity index (χ3n) is 1.90. The van der Waals surface area contributed by atoms with E-state index in [2.05, 4.69) is 6.58 Å². The fraction of sp³-hybridized carbons (Fsp3) is 0.182. The van der Waals surface area contributed by atoms with Gasteiger partial charge in [0.1, 0.15) is 5.75 Å². The Morgan fingerprint density at radius 1 is 1.60 bits per heavy atom. The quantitative estimate of drug-likeness (QED) is 0.568. The summed E-state index contributed by atoms with van der Waals surface area (Å²) < 4.78 is 10.5. The van der Waals surface area contributed by atoms with Crippen LogP contribution >= 0.6 is 11.8 Å². The monoisotopic (exact) mass is 222 g/mol. The van der Waals surface area contributed by atoms with Crippen molar-refractivity contribution in [1.82, 2.24) is 0 Å². The maximum absolute atomic E-state index is 11.0. The van der Waals surface area contributed by atoms with Crippen LogP contribution in [0.1, 0.15) is 0 Å². The van der Waals surface area contributed by atoms with E-state index in [1.807, 2.05) is 24.3 Å². The lowest BCUT2D eigenvalue weighted by molar-refractivity contribution is -0.154. The topological polar surface area (TPSA) is 35.5 Å². The van der Waals surface area contributed by atoms with Crippen molar-refractivity contribution in [3.63, 3.8) is 0 Å². The summed E-state index contributed by atoms with van der Waals surface area (Å²) in [5, 5.41) is 0. The molecule has 1 aliphatic heterocycles. The van der Waals surface area contributed by atoms with E-state index in [0.717, 1.165) is 16.7 Å². The minimum absolute atomic E-state index is 0.458. The molecule has 0 aromatic heterocycles. The number of thioether (sulfide) groups is 1. The molecule has 1 heterocycles. The van der Waals surface area contributed by atoms with Gasteiger partial charge in [-0.3, -0.25) is 0 Å². The van der Waals surface area contributed by atoms with E-state index in [4.69, 9.17) is 9.47 Å². The number of rotatable bonds is 2. The number of fused-ring (bicyclic) bond motifs is 1. The third-order valence-corrected chi connectivity index (χ3v) is 2.98. The minimum Gasteiger partial charge on any atom is -0.453 e. The Morgan fingerprint density at radius 3 is 3.20 bits per heavy atom. The number of hydrogen-bond acceptors (Lipinski definition) is 4. The Balaban J connectivity index is 2.05. The van der Waals surface area contributed by atoms with Gasteiger partial charge in [-0.15, -0.1) is 11.8 Å². The first-order valence-corrected chi connectivity index (χ1v) is 5.49. The van der Waals surface area contributed by atoms with Crippen molar-refractivity contribution in [3.05, 3.63) is 36.9 Å². The van der Waals surface area contributed by atoms with Crippen molar-refractivity contribution in [1.29, 1.82) is 0 Å². The summed E-state index contributed by atoms with van der Waals surface area (Å²) in [5.41, 5.74) is 0. The fourth-order valence-electron chi connectivity index (χ4n) is 1.24. The first-order chi connectivity index (χ1) is 7.29. The summed E-state index contributed by atoms with van der Waals surface area (Å²) in [4.78, 5) is 12.0. The molecule has 15 heavy (non-hydrogen) atoms. The summed E-state index contributed by atoms with van der Waals surface area (Å²) in [6, 6.07) is 7.67. The number of esters is 1. The van der Waals surface area contributed by atoms with Crippen LogP contribution in [0.2, 0.25) is 0 Å². The highest BCUT2D eigenvalue weighted by Crippen LogP contribution is 2.35. The number of carbonyl (C=O) groups is 1. The average molecular weight is 222 g/mol. The van der Waals surface area contributed by atoms with Gasteiger partial charge in [0.05, 0.1) is 5.75 Å². The van der Waals surface area contributed by atoms with Gasteiger partial charge in [0.2, 0.25) is 0 Å². The van der Waals surface area contributed by atoms with Gasteiger partial charge in [-0.25, -0.2) is 4.79 Å². The normalized spacial score (nSPS) is 18.5. The molecular weight excluding hydrogens is 212 g/mol. The van der Waals surface area contributed by atoms with Gasteiger partial charge in [-0.2, -0.15) is 0 Å². The molecule has 0 bridgehead atoms. The molecule has 2 rings (SSSR count). The summed E-state index contributed by atoms with van der Waals surface area (Å²) >= 11 is 1.61. The van der Waals surface area contributed by atoms with Crippen LogP contribution in [0.25, 0.3) is 0 Å². The predicted molar refractivity (Wildman–Crippen MR) is 57.9 cm³/mol. The van der Waals surface area contributed by atoms with Gasteiger partial charge < -0.3 is 9.47 Å². The molecule has 0 saturated carbocycles. The fourth-order valence-corrected chi connectivity index (χ4v) is 2.12. The highest BCUT2D eigenvalue weighted by atomic mass is 32.2. The SMILES string of the molecule is C=CC(=O)OC1CSc2ccccc2O1. The van der Waals surface area contributed by atoms with Crippen molar-refractivity contribution < 1.29 is 14.3 Å². The molecule has 0 radical (unpaired) electrons. The Kier molecular flexibility index (Phi) is 2.97. The van der Waals surface area contributed by atoms with E-state index < -0.39 is 12.3 Å². The standard InChI is InChI=1S/C11H10O3S/c1-2-10(12)14-11-7-15-9-6-4-3-5-8(9)13-11/h2-6,11H,1,7H2. The van der Waals surface area contributed by atoms with Crippen LogP contribution in [0.3, 0.4) is 0 Å². The van der Waals surface area contributed by atoms with E-state index in [9.17, 15) is 4.79 Å². The molecule has 78 valence electrons. The molecule has 3 nitrogen and oxygen atoms in total. The molecule has 0 spiro atoms. The maximum Gasteiger partial charge on any atom is 0.333 e. The molecule has 0 amide bonds. The van der Waals surface area contributed by atoms with E-state index in [1.54, 1.807) is 11.8 Å². The molecule has 0 fully saturated rings. The second kappa shape index (κ2) is 4.40. The van der Waals surface area contributed by atoms with Crippen LogP contribution in [0.15, 0.2) is 41.8 Å². The number of carbonyl (C=O) groups excluding carboxylic acids is 1. The Bertz CT molecular complexity index is 389. The van der Waals surface area contributed by atoms with Gasteiger partial charge in [0, 0.05) is 11.0 Å². The first kappa shape index (κ1) is 10.1. The average Bonchev–Trinajstić information content (AvgIpc) is 2.29. The molecule has 0 aliphatic carbocycles.